The first-order chi connectivity index (χ1) is 8.79. The summed E-state index contributed by atoms with van der Waals surface area (Å²) in [5, 5.41) is 10.2. The van der Waals surface area contributed by atoms with Gasteiger partial charge in [0, 0.05) is 0 Å². The van der Waals surface area contributed by atoms with Crippen LogP contribution < -0.4 is 0 Å². The van der Waals surface area contributed by atoms with E-state index in [1.54, 1.807) is 11.3 Å². The largest absolute Gasteiger partial charge is 0.391 e. The lowest BCUT2D eigenvalue weighted by Gasteiger charge is -2.19. The van der Waals surface area contributed by atoms with Crippen molar-refractivity contribution in [2.75, 3.05) is 0 Å². The zero-order chi connectivity index (χ0) is 14.6. The van der Waals surface area contributed by atoms with Crippen molar-refractivity contribution in [2.45, 2.75) is 41.2 Å². The van der Waals surface area contributed by atoms with E-state index in [2.05, 4.69) is 44.5 Å². The highest BCUT2D eigenvalue weighted by molar-refractivity contribution is 7.12. The number of hydrogen-bond donors (Lipinski definition) is 1. The van der Waals surface area contributed by atoms with E-state index in [9.17, 15) is 5.11 Å². The predicted molar refractivity (Wildman–Crippen MR) is 84.2 cm³/mol. The van der Waals surface area contributed by atoms with Crippen molar-refractivity contribution in [3.63, 3.8) is 0 Å². The summed E-state index contributed by atoms with van der Waals surface area (Å²) in [6, 6.07) is 0. The summed E-state index contributed by atoms with van der Waals surface area (Å²) < 4.78 is 0. The van der Waals surface area contributed by atoms with Crippen molar-refractivity contribution in [1.82, 2.24) is 4.98 Å². The smallest absolute Gasteiger partial charge is 0.119 e. The molecule has 0 unspecified atom stereocenters. The second kappa shape index (κ2) is 6.31. The Labute approximate surface area is 120 Å². The number of rotatable bonds is 4. The van der Waals surface area contributed by atoms with Gasteiger partial charge in [0.05, 0.1) is 17.2 Å². The lowest BCUT2D eigenvalue weighted by molar-refractivity contribution is 0.284. The van der Waals surface area contributed by atoms with Crippen LogP contribution in [0.1, 0.15) is 43.3 Å². The Morgan fingerprint density at radius 3 is 2.42 bits per heavy atom. The highest BCUT2D eigenvalue weighted by Crippen LogP contribution is 2.28. The third-order valence-electron chi connectivity index (χ3n) is 2.97. The highest BCUT2D eigenvalue weighted by atomic mass is 32.1. The van der Waals surface area contributed by atoms with Crippen LogP contribution in [0.2, 0.25) is 0 Å². The number of aliphatic hydroxyl groups excluding tert-OH is 1. The number of aromatic nitrogens is 1. The Balaban J connectivity index is 3.04. The molecule has 0 bridgehead atoms. The highest BCUT2D eigenvalue weighted by Gasteiger charge is 2.13. The van der Waals surface area contributed by atoms with E-state index in [0.29, 0.717) is 0 Å². The Kier molecular flexibility index (Phi) is 5.27. The molecular formula is C16H23NOS. The Morgan fingerprint density at radius 1 is 1.37 bits per heavy atom. The molecule has 0 aromatic carbocycles. The van der Waals surface area contributed by atoms with Crippen LogP contribution in [0.4, 0.5) is 0 Å². The van der Waals surface area contributed by atoms with E-state index < -0.39 is 0 Å². The molecule has 19 heavy (non-hydrogen) atoms. The maximum Gasteiger partial charge on any atom is 0.119 e. The van der Waals surface area contributed by atoms with Gasteiger partial charge in [0.25, 0.3) is 0 Å². The van der Waals surface area contributed by atoms with E-state index in [1.165, 1.54) is 5.57 Å². The zero-order valence-electron chi connectivity index (χ0n) is 12.4. The van der Waals surface area contributed by atoms with Crippen LogP contribution in [-0.2, 0) is 6.61 Å². The van der Waals surface area contributed by atoms with Gasteiger partial charge in [-0.1, -0.05) is 45.6 Å². The molecule has 2 nitrogen and oxygen atoms in total. The minimum Gasteiger partial charge on any atom is -0.391 e. The molecule has 0 fully saturated rings. The van der Waals surface area contributed by atoms with Gasteiger partial charge in [-0.3, -0.25) is 0 Å². The molecule has 0 amide bonds. The summed E-state index contributed by atoms with van der Waals surface area (Å²) in [6.07, 6.45) is 6.06. The van der Waals surface area contributed by atoms with Gasteiger partial charge < -0.3 is 5.11 Å². The van der Waals surface area contributed by atoms with E-state index in [-0.39, 0.29) is 12.0 Å². The van der Waals surface area contributed by atoms with Crippen LogP contribution >= 0.6 is 11.3 Å². The molecule has 1 heterocycles. The van der Waals surface area contributed by atoms with Crippen LogP contribution in [0.5, 0.6) is 0 Å². The molecule has 0 aliphatic rings. The number of hydrogen-bond acceptors (Lipinski definition) is 3. The molecule has 0 saturated carbocycles. The van der Waals surface area contributed by atoms with E-state index in [0.717, 1.165) is 21.2 Å². The second-order valence-electron chi connectivity index (χ2n) is 5.61. The second-order valence-corrected chi connectivity index (χ2v) is 6.70. The molecule has 1 N–H and O–H groups in total. The molecule has 3 heteroatoms. The monoisotopic (exact) mass is 277 g/mol. The van der Waals surface area contributed by atoms with Crippen molar-refractivity contribution < 1.29 is 5.11 Å². The summed E-state index contributed by atoms with van der Waals surface area (Å²) >= 11 is 1.55. The third kappa shape index (κ3) is 4.15. The van der Waals surface area contributed by atoms with Gasteiger partial charge in [-0.15, -0.1) is 11.3 Å². The minimum absolute atomic E-state index is 0.0620. The molecular weight excluding hydrogens is 254 g/mol. The lowest BCUT2D eigenvalue weighted by Crippen LogP contribution is -2.06. The van der Waals surface area contributed by atoms with E-state index >= 15 is 0 Å². The van der Waals surface area contributed by atoms with E-state index in [1.807, 2.05) is 19.9 Å². The van der Waals surface area contributed by atoms with Crippen molar-refractivity contribution in [3.8, 4) is 0 Å². The summed E-state index contributed by atoms with van der Waals surface area (Å²) in [5.41, 5.74) is 3.31. The van der Waals surface area contributed by atoms with Gasteiger partial charge >= 0.3 is 0 Å². The molecule has 0 saturated heterocycles. The number of aryl methyl sites for hydroxylation is 1. The molecule has 1 aromatic rings. The van der Waals surface area contributed by atoms with Crippen molar-refractivity contribution in [2.24, 2.45) is 5.41 Å². The van der Waals surface area contributed by atoms with Crippen LogP contribution in [0.3, 0.4) is 0 Å². The minimum atomic E-state index is 0.0620. The fourth-order valence-electron chi connectivity index (χ4n) is 1.65. The summed E-state index contributed by atoms with van der Waals surface area (Å²) in [4.78, 5) is 5.42. The van der Waals surface area contributed by atoms with Crippen molar-refractivity contribution in [1.29, 1.82) is 0 Å². The van der Waals surface area contributed by atoms with Crippen LogP contribution in [0.15, 0.2) is 30.4 Å². The van der Waals surface area contributed by atoms with Gasteiger partial charge in [-0.2, -0.15) is 0 Å². The number of aliphatic hydroxyl groups is 1. The first-order valence-corrected chi connectivity index (χ1v) is 7.20. The third-order valence-corrected chi connectivity index (χ3v) is 4.25. The average Bonchev–Trinajstić information content (AvgIpc) is 2.69. The fourth-order valence-corrected chi connectivity index (χ4v) is 2.56. The molecule has 0 radical (unpaired) electrons. The molecule has 1 aromatic heterocycles. The van der Waals surface area contributed by atoms with Crippen LogP contribution in [0, 0.1) is 12.3 Å². The van der Waals surface area contributed by atoms with Crippen LogP contribution in [-0.4, -0.2) is 10.1 Å². The SMILES string of the molecule is C=C/C(=C\C=C(/C)c1nc(C)c(CO)s1)C(C)(C)C. The van der Waals surface area contributed by atoms with Gasteiger partial charge in [-0.25, -0.2) is 4.98 Å². The fraction of sp³-hybridized carbons (Fsp3) is 0.438. The standard InChI is InChI=1S/C16H23NOS/c1-7-13(16(4,5)6)9-8-11(2)15-17-12(3)14(10-18)19-15/h7-9,18H,1,10H2,2-6H3/b11-8+,13-9+. The summed E-state index contributed by atoms with van der Waals surface area (Å²) in [5.74, 6) is 0. The molecule has 0 spiro atoms. The lowest BCUT2D eigenvalue weighted by atomic mass is 9.86. The summed E-state index contributed by atoms with van der Waals surface area (Å²) in [7, 11) is 0. The Hall–Kier alpha value is -1.19. The first-order valence-electron chi connectivity index (χ1n) is 6.38. The van der Waals surface area contributed by atoms with Crippen molar-refractivity contribution >= 4 is 16.9 Å². The molecule has 0 atom stereocenters. The summed E-state index contributed by atoms with van der Waals surface area (Å²) in [6.45, 7) is 14.4. The van der Waals surface area contributed by atoms with Gasteiger partial charge in [-0.05, 0) is 30.4 Å². The zero-order valence-corrected chi connectivity index (χ0v) is 13.3. The number of thiazole rings is 1. The maximum absolute atomic E-state index is 9.20. The van der Waals surface area contributed by atoms with Gasteiger partial charge in [0.2, 0.25) is 0 Å². The normalized spacial score (nSPS) is 13.8. The van der Waals surface area contributed by atoms with Gasteiger partial charge in [0.1, 0.15) is 5.01 Å². The Morgan fingerprint density at radius 2 is 2.00 bits per heavy atom. The Bertz CT molecular complexity index is 515. The molecule has 1 rings (SSSR count). The average molecular weight is 277 g/mol. The van der Waals surface area contributed by atoms with Crippen molar-refractivity contribution in [3.05, 3.63) is 46.0 Å². The van der Waals surface area contributed by atoms with Crippen LogP contribution in [0.25, 0.3) is 5.57 Å². The molecule has 0 aliphatic heterocycles. The van der Waals surface area contributed by atoms with Gasteiger partial charge in [0.15, 0.2) is 0 Å². The van der Waals surface area contributed by atoms with E-state index in [4.69, 9.17) is 0 Å². The first kappa shape index (κ1) is 15.9. The maximum atomic E-state index is 9.20. The molecule has 0 aliphatic carbocycles. The number of allylic oxidation sites excluding steroid dienone is 5. The predicted octanol–water partition coefficient (Wildman–Crippen LogP) is 4.51. The quantitative estimate of drug-likeness (QED) is 0.822. The number of nitrogens with zero attached hydrogens (tertiary/aromatic N) is 1. The molecule has 104 valence electrons. The topological polar surface area (TPSA) is 33.1 Å².